The molecule has 0 aromatic heterocycles. The van der Waals surface area contributed by atoms with Crippen molar-refractivity contribution in [2.24, 2.45) is 0 Å². The third-order valence-corrected chi connectivity index (χ3v) is 6.93. The first kappa shape index (κ1) is 28.2. The van der Waals surface area contributed by atoms with Crippen LogP contribution < -0.4 is 9.62 Å². The van der Waals surface area contributed by atoms with Gasteiger partial charge in [-0.05, 0) is 63.6 Å². The zero-order valence-corrected chi connectivity index (χ0v) is 22.7. The fraction of sp³-hybridized carbons (Fsp3) is 0.391. The van der Waals surface area contributed by atoms with Crippen molar-refractivity contribution < 1.29 is 18.0 Å². The predicted octanol–water partition coefficient (Wildman–Crippen LogP) is 4.74. The van der Waals surface area contributed by atoms with E-state index in [1.807, 2.05) is 20.8 Å². The van der Waals surface area contributed by atoms with Crippen LogP contribution in [0.25, 0.3) is 0 Å². The van der Waals surface area contributed by atoms with Gasteiger partial charge in [-0.1, -0.05) is 46.9 Å². The third-order valence-electron chi connectivity index (χ3n) is 4.80. The molecule has 7 nitrogen and oxygen atoms in total. The molecule has 0 unspecified atom stereocenters. The number of halogens is 3. The van der Waals surface area contributed by atoms with Crippen LogP contribution >= 0.6 is 34.8 Å². The molecule has 0 aliphatic heterocycles. The fourth-order valence-corrected chi connectivity index (χ4v) is 4.36. The van der Waals surface area contributed by atoms with Gasteiger partial charge >= 0.3 is 0 Å². The van der Waals surface area contributed by atoms with Crippen molar-refractivity contribution in [1.82, 2.24) is 10.2 Å². The Kier molecular flexibility index (Phi) is 9.27. The zero-order valence-electron chi connectivity index (χ0n) is 19.6. The van der Waals surface area contributed by atoms with Crippen LogP contribution in [0.2, 0.25) is 15.1 Å². The number of benzene rings is 2. The maximum absolute atomic E-state index is 13.5. The molecule has 0 aliphatic rings. The molecule has 1 atom stereocenters. The molecule has 0 fully saturated rings. The Balaban J connectivity index is 2.41. The van der Waals surface area contributed by atoms with E-state index in [-0.39, 0.29) is 28.2 Å². The van der Waals surface area contributed by atoms with Gasteiger partial charge in [-0.3, -0.25) is 13.9 Å². The Morgan fingerprint density at radius 3 is 2.09 bits per heavy atom. The minimum Gasteiger partial charge on any atom is -0.350 e. The number of hydrogen-bond donors (Lipinski definition) is 1. The summed E-state index contributed by atoms with van der Waals surface area (Å²) in [5.41, 5.74) is 0.399. The Hall–Kier alpha value is -2.00. The van der Waals surface area contributed by atoms with Crippen LogP contribution in [0, 0.1) is 0 Å². The highest BCUT2D eigenvalue weighted by molar-refractivity contribution is 7.92. The summed E-state index contributed by atoms with van der Waals surface area (Å²) in [6, 6.07) is 10.2. The van der Waals surface area contributed by atoms with Gasteiger partial charge in [-0.15, -0.1) is 0 Å². The maximum atomic E-state index is 13.5. The minimum absolute atomic E-state index is 0.0771. The molecule has 2 rings (SSSR count). The van der Waals surface area contributed by atoms with Gasteiger partial charge in [0.25, 0.3) is 0 Å². The SMILES string of the molecule is C[C@H](C(=O)NC(C)(C)C)N(Cc1ccc(Cl)cc1)C(=O)CN(c1ccc(Cl)c(Cl)c1)S(C)(=O)=O. The molecule has 34 heavy (non-hydrogen) atoms. The van der Waals surface area contributed by atoms with Crippen molar-refractivity contribution in [3.8, 4) is 0 Å². The van der Waals surface area contributed by atoms with Crippen molar-refractivity contribution in [3.63, 3.8) is 0 Å². The standard InChI is InChI=1S/C23H28Cl3N3O4S/c1-15(22(31)27-23(2,3)4)28(13-16-6-8-17(24)9-7-16)21(30)14-29(34(5,32)33)18-10-11-19(25)20(26)12-18/h6-12,15H,13-14H2,1-5H3,(H,27,31)/t15-/m1/s1. The number of carbonyl (C=O) groups excluding carboxylic acids is 2. The molecule has 1 N–H and O–H groups in total. The number of hydrogen-bond acceptors (Lipinski definition) is 4. The fourth-order valence-electron chi connectivity index (χ4n) is 3.10. The first-order valence-corrected chi connectivity index (χ1v) is 13.4. The molecule has 0 saturated carbocycles. The van der Waals surface area contributed by atoms with Crippen LogP contribution in [0.5, 0.6) is 0 Å². The number of nitrogens with zero attached hydrogens (tertiary/aromatic N) is 2. The van der Waals surface area contributed by atoms with E-state index in [0.29, 0.717) is 5.02 Å². The second-order valence-electron chi connectivity index (χ2n) is 8.93. The van der Waals surface area contributed by atoms with E-state index in [1.165, 1.54) is 23.1 Å². The smallest absolute Gasteiger partial charge is 0.244 e. The van der Waals surface area contributed by atoms with Gasteiger partial charge in [0.05, 0.1) is 22.0 Å². The molecule has 2 amide bonds. The van der Waals surface area contributed by atoms with Gasteiger partial charge in [0.15, 0.2) is 0 Å². The molecule has 0 bridgehead atoms. The highest BCUT2D eigenvalue weighted by Gasteiger charge is 2.31. The molecule has 2 aromatic rings. The zero-order chi connectivity index (χ0) is 25.8. The Bertz CT molecular complexity index is 1150. The molecular weight excluding hydrogens is 521 g/mol. The number of anilines is 1. The first-order chi connectivity index (χ1) is 15.6. The lowest BCUT2D eigenvalue weighted by atomic mass is 10.1. The topological polar surface area (TPSA) is 86.8 Å². The average Bonchev–Trinajstić information content (AvgIpc) is 2.71. The first-order valence-electron chi connectivity index (χ1n) is 10.4. The van der Waals surface area contributed by atoms with Crippen LogP contribution in [0.4, 0.5) is 5.69 Å². The summed E-state index contributed by atoms with van der Waals surface area (Å²) >= 11 is 18.0. The monoisotopic (exact) mass is 547 g/mol. The maximum Gasteiger partial charge on any atom is 0.244 e. The number of carbonyl (C=O) groups is 2. The van der Waals surface area contributed by atoms with E-state index in [1.54, 1.807) is 31.2 Å². The third kappa shape index (κ3) is 8.05. The molecule has 2 aromatic carbocycles. The summed E-state index contributed by atoms with van der Waals surface area (Å²) in [5, 5.41) is 3.79. The molecule has 0 heterocycles. The summed E-state index contributed by atoms with van der Waals surface area (Å²) < 4.78 is 26.0. The summed E-state index contributed by atoms with van der Waals surface area (Å²) in [5.74, 6) is -0.932. The van der Waals surface area contributed by atoms with E-state index in [4.69, 9.17) is 34.8 Å². The normalized spacial score (nSPS) is 12.7. The van der Waals surface area contributed by atoms with Crippen molar-refractivity contribution in [2.45, 2.75) is 45.8 Å². The number of rotatable bonds is 8. The van der Waals surface area contributed by atoms with Crippen molar-refractivity contribution in [2.75, 3.05) is 17.1 Å². The summed E-state index contributed by atoms with van der Waals surface area (Å²) in [6.45, 7) is 6.64. The molecule has 0 aliphatic carbocycles. The van der Waals surface area contributed by atoms with E-state index in [2.05, 4.69) is 5.32 Å². The van der Waals surface area contributed by atoms with Gasteiger partial charge in [0, 0.05) is 17.1 Å². The lowest BCUT2D eigenvalue weighted by Gasteiger charge is -2.33. The molecule has 0 radical (unpaired) electrons. The van der Waals surface area contributed by atoms with Gasteiger partial charge in [0.1, 0.15) is 12.6 Å². The Morgan fingerprint density at radius 2 is 1.59 bits per heavy atom. The lowest BCUT2D eigenvalue weighted by molar-refractivity contribution is -0.140. The van der Waals surface area contributed by atoms with Crippen molar-refractivity contribution >= 4 is 62.3 Å². The van der Waals surface area contributed by atoms with Crippen molar-refractivity contribution in [1.29, 1.82) is 0 Å². The predicted molar refractivity (Wildman–Crippen MR) is 138 cm³/mol. The quantitative estimate of drug-likeness (QED) is 0.516. The molecule has 11 heteroatoms. The van der Waals surface area contributed by atoms with E-state index >= 15 is 0 Å². The minimum atomic E-state index is -3.86. The van der Waals surface area contributed by atoms with Crippen LogP contribution in [-0.2, 0) is 26.2 Å². The Morgan fingerprint density at radius 1 is 1.00 bits per heavy atom. The Labute approximate surface area is 216 Å². The van der Waals surface area contributed by atoms with Gasteiger partial charge in [-0.25, -0.2) is 8.42 Å². The highest BCUT2D eigenvalue weighted by atomic mass is 35.5. The van der Waals surface area contributed by atoms with Crippen LogP contribution in [0.15, 0.2) is 42.5 Å². The van der Waals surface area contributed by atoms with E-state index in [0.717, 1.165) is 16.1 Å². The summed E-state index contributed by atoms with van der Waals surface area (Å²) in [6.07, 6.45) is 0.988. The largest absolute Gasteiger partial charge is 0.350 e. The van der Waals surface area contributed by atoms with Gasteiger partial charge < -0.3 is 10.2 Å². The molecule has 0 spiro atoms. The second-order valence-corrected chi connectivity index (χ2v) is 12.1. The van der Waals surface area contributed by atoms with Crippen molar-refractivity contribution in [3.05, 3.63) is 63.1 Å². The van der Waals surface area contributed by atoms with E-state index in [9.17, 15) is 18.0 Å². The van der Waals surface area contributed by atoms with Crippen LogP contribution in [0.1, 0.15) is 33.3 Å². The lowest BCUT2D eigenvalue weighted by Crippen LogP contribution is -2.54. The molecular formula is C23H28Cl3N3O4S. The van der Waals surface area contributed by atoms with Gasteiger partial charge in [-0.2, -0.15) is 0 Å². The van der Waals surface area contributed by atoms with Crippen LogP contribution in [0.3, 0.4) is 0 Å². The van der Waals surface area contributed by atoms with Gasteiger partial charge in [0.2, 0.25) is 21.8 Å². The number of nitrogens with one attached hydrogen (secondary N) is 1. The number of sulfonamides is 1. The van der Waals surface area contributed by atoms with E-state index < -0.39 is 34.1 Å². The summed E-state index contributed by atoms with van der Waals surface area (Å²) in [4.78, 5) is 27.7. The average molecular weight is 549 g/mol. The molecule has 0 saturated heterocycles. The summed E-state index contributed by atoms with van der Waals surface area (Å²) in [7, 11) is -3.86. The second kappa shape index (κ2) is 11.2. The number of amides is 2. The van der Waals surface area contributed by atoms with Crippen LogP contribution in [-0.4, -0.2) is 49.5 Å². The highest BCUT2D eigenvalue weighted by Crippen LogP contribution is 2.28. The molecule has 186 valence electrons.